The number of thiazole rings is 1. The third-order valence-corrected chi connectivity index (χ3v) is 4.72. The van der Waals surface area contributed by atoms with Gasteiger partial charge in [0.2, 0.25) is 5.91 Å². The largest absolute Gasteiger partial charge is 0.320 e. The van der Waals surface area contributed by atoms with Gasteiger partial charge in [-0.05, 0) is 38.6 Å². The Morgan fingerprint density at radius 1 is 1.36 bits per heavy atom. The Kier molecular flexibility index (Phi) is 6.36. The van der Waals surface area contributed by atoms with Crippen molar-refractivity contribution in [3.8, 4) is 0 Å². The van der Waals surface area contributed by atoms with Crippen LogP contribution in [-0.2, 0) is 11.2 Å². The summed E-state index contributed by atoms with van der Waals surface area (Å²) >= 11 is 7.71. The molecule has 6 heteroatoms. The highest BCUT2D eigenvalue weighted by molar-refractivity contribution is 7.15. The number of nitrogens with zero attached hydrogens (tertiary/aromatic N) is 1. The molecule has 2 aromatic rings. The minimum atomic E-state index is 0.00768. The van der Waals surface area contributed by atoms with E-state index in [0.717, 1.165) is 40.5 Å². The average Bonchev–Trinajstić information content (AvgIpc) is 2.81. The molecular weight excluding hydrogens is 318 g/mol. The quantitative estimate of drug-likeness (QED) is 0.758. The van der Waals surface area contributed by atoms with Crippen LogP contribution in [-0.4, -0.2) is 24.5 Å². The summed E-state index contributed by atoms with van der Waals surface area (Å²) in [4.78, 5) is 17.4. The van der Waals surface area contributed by atoms with E-state index < -0.39 is 0 Å². The van der Waals surface area contributed by atoms with E-state index in [4.69, 9.17) is 11.6 Å². The lowest BCUT2D eigenvalue weighted by molar-refractivity contribution is -0.116. The Hall–Kier alpha value is -1.43. The van der Waals surface area contributed by atoms with Crippen molar-refractivity contribution < 1.29 is 4.79 Å². The van der Waals surface area contributed by atoms with Gasteiger partial charge < -0.3 is 10.6 Å². The number of carbonyl (C=O) groups is 1. The summed E-state index contributed by atoms with van der Waals surface area (Å²) in [6.07, 6.45) is 2.05. The fraction of sp³-hybridized carbons (Fsp3) is 0.375. The number of aryl methyl sites for hydroxylation is 1. The van der Waals surface area contributed by atoms with Gasteiger partial charge in [-0.1, -0.05) is 29.8 Å². The Morgan fingerprint density at radius 2 is 2.14 bits per heavy atom. The van der Waals surface area contributed by atoms with Crippen molar-refractivity contribution >= 4 is 34.0 Å². The van der Waals surface area contributed by atoms with Crippen LogP contribution in [0.3, 0.4) is 0 Å². The molecule has 1 aromatic heterocycles. The van der Waals surface area contributed by atoms with Crippen molar-refractivity contribution in [2.45, 2.75) is 26.2 Å². The lowest BCUT2D eigenvalue weighted by Gasteiger charge is -2.02. The summed E-state index contributed by atoms with van der Waals surface area (Å²) in [6.45, 7) is 2.79. The molecule has 1 heterocycles. The molecule has 0 fully saturated rings. The first-order chi connectivity index (χ1) is 10.6. The first kappa shape index (κ1) is 16.9. The number of anilines is 1. The van der Waals surface area contributed by atoms with E-state index in [0.29, 0.717) is 11.6 Å². The topological polar surface area (TPSA) is 54.0 Å². The molecule has 1 aromatic carbocycles. The van der Waals surface area contributed by atoms with Crippen LogP contribution in [0, 0.1) is 6.92 Å². The zero-order chi connectivity index (χ0) is 15.9. The molecule has 22 heavy (non-hydrogen) atoms. The molecule has 0 bridgehead atoms. The fourth-order valence-corrected chi connectivity index (χ4v) is 3.27. The highest BCUT2D eigenvalue weighted by Crippen LogP contribution is 2.27. The van der Waals surface area contributed by atoms with Crippen LogP contribution in [0.25, 0.3) is 0 Å². The molecule has 0 atom stereocenters. The van der Waals surface area contributed by atoms with Gasteiger partial charge in [-0.2, -0.15) is 0 Å². The van der Waals surface area contributed by atoms with Crippen LogP contribution in [0.1, 0.15) is 29.0 Å². The van der Waals surface area contributed by atoms with Crippen LogP contribution in [0.4, 0.5) is 5.13 Å². The first-order valence-electron chi connectivity index (χ1n) is 7.24. The van der Waals surface area contributed by atoms with Gasteiger partial charge >= 0.3 is 0 Å². The van der Waals surface area contributed by atoms with E-state index in [2.05, 4.69) is 15.6 Å². The number of hydrogen-bond acceptors (Lipinski definition) is 4. The second-order valence-electron chi connectivity index (χ2n) is 5.05. The minimum Gasteiger partial charge on any atom is -0.320 e. The molecule has 4 nitrogen and oxygen atoms in total. The highest BCUT2D eigenvalue weighted by atomic mass is 35.5. The predicted molar refractivity (Wildman–Crippen MR) is 92.9 cm³/mol. The lowest BCUT2D eigenvalue weighted by Crippen LogP contribution is -2.15. The van der Waals surface area contributed by atoms with Gasteiger partial charge in [0.25, 0.3) is 0 Å². The number of rotatable bonds is 7. The van der Waals surface area contributed by atoms with Gasteiger partial charge in [-0.15, -0.1) is 11.3 Å². The summed E-state index contributed by atoms with van der Waals surface area (Å²) < 4.78 is 0. The number of carbonyl (C=O) groups excluding carboxylic acids is 1. The summed E-state index contributed by atoms with van der Waals surface area (Å²) in [5.74, 6) is 0.00768. The maximum absolute atomic E-state index is 11.8. The zero-order valence-corrected chi connectivity index (χ0v) is 14.4. The van der Waals surface area contributed by atoms with Gasteiger partial charge in [-0.3, -0.25) is 4.79 Å². The average molecular weight is 338 g/mol. The number of amides is 1. The molecule has 2 rings (SSSR count). The molecule has 0 unspecified atom stereocenters. The molecule has 0 radical (unpaired) electrons. The van der Waals surface area contributed by atoms with Crippen molar-refractivity contribution in [2.24, 2.45) is 0 Å². The molecular formula is C16H20ClN3OS. The number of aromatic nitrogens is 1. The smallest absolute Gasteiger partial charge is 0.226 e. The third-order valence-electron chi connectivity index (χ3n) is 3.28. The second kappa shape index (κ2) is 8.27. The SMILES string of the molecule is CNCCCC(=O)Nc1nc(C)c(Cc2ccccc2Cl)s1. The Morgan fingerprint density at radius 3 is 2.86 bits per heavy atom. The van der Waals surface area contributed by atoms with Crippen molar-refractivity contribution in [2.75, 3.05) is 18.9 Å². The Labute approximate surface area is 139 Å². The standard InChI is InChI=1S/C16H20ClN3OS/c1-11-14(10-12-6-3-4-7-13(12)17)22-16(19-11)20-15(21)8-5-9-18-2/h3-4,6-7,18H,5,8-10H2,1-2H3,(H,19,20,21). The predicted octanol–water partition coefficient (Wildman–Crippen LogP) is 3.63. The molecule has 1 amide bonds. The van der Waals surface area contributed by atoms with Crippen molar-refractivity contribution in [1.82, 2.24) is 10.3 Å². The zero-order valence-electron chi connectivity index (χ0n) is 12.8. The third kappa shape index (κ3) is 4.80. The van der Waals surface area contributed by atoms with Gasteiger partial charge in [0.15, 0.2) is 5.13 Å². The summed E-state index contributed by atoms with van der Waals surface area (Å²) in [6, 6.07) is 7.79. The van der Waals surface area contributed by atoms with Crippen LogP contribution in [0.5, 0.6) is 0 Å². The maximum atomic E-state index is 11.8. The van der Waals surface area contributed by atoms with E-state index in [1.54, 1.807) is 0 Å². The summed E-state index contributed by atoms with van der Waals surface area (Å²) in [5.41, 5.74) is 2.01. The maximum Gasteiger partial charge on any atom is 0.226 e. The molecule has 0 aliphatic carbocycles. The number of benzene rings is 1. The second-order valence-corrected chi connectivity index (χ2v) is 6.54. The van der Waals surface area contributed by atoms with Gasteiger partial charge in [0, 0.05) is 22.7 Å². The first-order valence-corrected chi connectivity index (χ1v) is 8.43. The van der Waals surface area contributed by atoms with Gasteiger partial charge in [-0.25, -0.2) is 4.98 Å². The molecule has 2 N–H and O–H groups in total. The van der Waals surface area contributed by atoms with Crippen molar-refractivity contribution in [3.63, 3.8) is 0 Å². The molecule has 0 saturated carbocycles. The summed E-state index contributed by atoms with van der Waals surface area (Å²) in [5, 5.41) is 7.32. The van der Waals surface area contributed by atoms with Crippen LogP contribution >= 0.6 is 22.9 Å². The molecule has 0 aliphatic rings. The lowest BCUT2D eigenvalue weighted by atomic mass is 10.1. The van der Waals surface area contributed by atoms with E-state index in [1.165, 1.54) is 11.3 Å². The molecule has 0 aliphatic heterocycles. The summed E-state index contributed by atoms with van der Waals surface area (Å²) in [7, 11) is 1.88. The fourth-order valence-electron chi connectivity index (χ4n) is 2.07. The number of hydrogen-bond donors (Lipinski definition) is 2. The Balaban J connectivity index is 1.99. The van der Waals surface area contributed by atoms with E-state index >= 15 is 0 Å². The van der Waals surface area contributed by atoms with Crippen LogP contribution in [0.15, 0.2) is 24.3 Å². The van der Waals surface area contributed by atoms with Crippen molar-refractivity contribution in [3.05, 3.63) is 45.4 Å². The van der Waals surface area contributed by atoms with E-state index in [9.17, 15) is 4.79 Å². The normalized spacial score (nSPS) is 10.7. The monoisotopic (exact) mass is 337 g/mol. The number of halogens is 1. The highest BCUT2D eigenvalue weighted by Gasteiger charge is 2.12. The number of nitrogens with one attached hydrogen (secondary N) is 2. The van der Waals surface area contributed by atoms with Crippen LogP contribution in [0.2, 0.25) is 5.02 Å². The Bertz CT molecular complexity index is 642. The van der Waals surface area contributed by atoms with Crippen LogP contribution < -0.4 is 10.6 Å². The molecule has 0 spiro atoms. The van der Waals surface area contributed by atoms with Gasteiger partial charge in [0.1, 0.15) is 0 Å². The van der Waals surface area contributed by atoms with Crippen molar-refractivity contribution in [1.29, 1.82) is 0 Å². The van der Waals surface area contributed by atoms with E-state index in [-0.39, 0.29) is 5.91 Å². The van der Waals surface area contributed by atoms with E-state index in [1.807, 2.05) is 38.2 Å². The minimum absolute atomic E-state index is 0.00768. The van der Waals surface area contributed by atoms with Gasteiger partial charge in [0.05, 0.1) is 5.69 Å². The molecule has 118 valence electrons. The molecule has 0 saturated heterocycles.